The molecule has 176 valence electrons. The number of hydrogen-bond acceptors (Lipinski definition) is 6. The predicted molar refractivity (Wildman–Crippen MR) is 108 cm³/mol. The molecule has 0 rings (SSSR count). The van der Waals surface area contributed by atoms with Gasteiger partial charge in [0, 0.05) is 0 Å². The average Bonchev–Trinajstić information content (AvgIpc) is 2.54. The first-order chi connectivity index (χ1) is 12.9. The lowest BCUT2D eigenvalue weighted by Crippen LogP contribution is -2.22. The van der Waals surface area contributed by atoms with Gasteiger partial charge in [-0.05, 0) is 55.8 Å². The molecule has 0 saturated carbocycles. The van der Waals surface area contributed by atoms with Gasteiger partial charge in [-0.25, -0.2) is 9.13 Å². The summed E-state index contributed by atoms with van der Waals surface area (Å²) in [4.78, 5) is 35.0. The van der Waals surface area contributed by atoms with Crippen LogP contribution in [0.3, 0.4) is 0 Å². The van der Waals surface area contributed by atoms with E-state index in [0.717, 1.165) is 0 Å². The Morgan fingerprint density at radius 1 is 0.690 bits per heavy atom. The van der Waals surface area contributed by atoms with E-state index < -0.39 is 38.7 Å². The number of hydrogen-bond donors (Lipinski definition) is 6. The van der Waals surface area contributed by atoms with Crippen LogP contribution in [0.25, 0.3) is 0 Å². The Hall–Kier alpha value is 0.140. The highest BCUT2D eigenvalue weighted by Crippen LogP contribution is 2.40. The number of aliphatic hydroxyl groups is 2. The summed E-state index contributed by atoms with van der Waals surface area (Å²) in [7, 11) is -9.01. The number of phosphoric ester groups is 2. The van der Waals surface area contributed by atoms with Crippen LogP contribution in [0, 0.1) is 10.8 Å². The highest BCUT2D eigenvalue weighted by atomic mass is 31.2. The van der Waals surface area contributed by atoms with Crippen molar-refractivity contribution in [2.75, 3.05) is 13.2 Å². The molecule has 0 fully saturated rings. The lowest BCUT2D eigenvalue weighted by atomic mass is 9.86. The molecule has 2 atom stereocenters. The van der Waals surface area contributed by atoms with E-state index in [-0.39, 0.29) is 13.2 Å². The molecule has 2 unspecified atom stereocenters. The van der Waals surface area contributed by atoms with Crippen molar-refractivity contribution in [2.24, 2.45) is 10.8 Å². The van der Waals surface area contributed by atoms with Gasteiger partial charge in [0.05, 0.1) is 25.4 Å². The van der Waals surface area contributed by atoms with E-state index in [1.807, 2.05) is 0 Å². The molecule has 0 spiro atoms. The first kappa shape index (κ1) is 29.1. The molecule has 0 amide bonds. The van der Waals surface area contributed by atoms with Crippen LogP contribution >= 0.6 is 15.6 Å². The van der Waals surface area contributed by atoms with Crippen molar-refractivity contribution >= 4 is 15.6 Å². The Morgan fingerprint density at radius 3 is 1.28 bits per heavy atom. The molecule has 0 radical (unpaired) electrons. The molecule has 10 nitrogen and oxygen atoms in total. The Morgan fingerprint density at radius 2 is 1.00 bits per heavy atom. The van der Waals surface area contributed by atoms with Crippen LogP contribution in [0.4, 0.5) is 0 Å². The zero-order valence-corrected chi connectivity index (χ0v) is 19.5. The summed E-state index contributed by atoms with van der Waals surface area (Å²) >= 11 is 0. The predicted octanol–water partition coefficient (Wildman–Crippen LogP) is 2.71. The topological polar surface area (TPSA) is 174 Å². The molecule has 0 aliphatic heterocycles. The van der Waals surface area contributed by atoms with Gasteiger partial charge < -0.3 is 29.8 Å². The number of phosphoric acid groups is 2. The van der Waals surface area contributed by atoms with Gasteiger partial charge in [0.1, 0.15) is 0 Å². The Balaban J connectivity index is 4.04. The smallest absolute Gasteiger partial charge is 0.393 e. The summed E-state index contributed by atoms with van der Waals surface area (Å²) in [5.41, 5.74) is -0.968. The standard InChI is InChI=1S/C17H38O10P2/c1-16(2,12-26-28(20,21)22)10-8-14(18)6-5-7-15(19)9-11-17(3,4)13-27-29(23,24)25/h14-15,18-19H,5-13H2,1-4H3,(H2,20,21,22)(H2,23,24,25). The van der Waals surface area contributed by atoms with Gasteiger partial charge in [-0.2, -0.15) is 0 Å². The zero-order valence-electron chi connectivity index (χ0n) is 17.7. The lowest BCUT2D eigenvalue weighted by molar-refractivity contribution is 0.0822. The third-order valence-electron chi connectivity index (χ3n) is 4.63. The van der Waals surface area contributed by atoms with Crippen molar-refractivity contribution in [3.63, 3.8) is 0 Å². The highest BCUT2D eigenvalue weighted by molar-refractivity contribution is 7.46. The molecule has 0 aliphatic rings. The first-order valence-corrected chi connectivity index (χ1v) is 12.7. The van der Waals surface area contributed by atoms with E-state index in [9.17, 15) is 19.3 Å². The fraction of sp³-hybridized carbons (Fsp3) is 1.00. The summed E-state index contributed by atoms with van der Waals surface area (Å²) in [5.74, 6) is 0. The molecular formula is C17H38O10P2. The van der Waals surface area contributed by atoms with E-state index in [2.05, 4.69) is 9.05 Å². The van der Waals surface area contributed by atoms with Crippen LogP contribution in [0.1, 0.15) is 72.6 Å². The van der Waals surface area contributed by atoms with Crippen LogP contribution in [-0.2, 0) is 18.2 Å². The quantitative estimate of drug-likeness (QED) is 0.186. The molecule has 0 heterocycles. The van der Waals surface area contributed by atoms with Crippen molar-refractivity contribution in [1.29, 1.82) is 0 Å². The van der Waals surface area contributed by atoms with E-state index in [1.54, 1.807) is 27.7 Å². The second-order valence-electron chi connectivity index (χ2n) is 9.17. The fourth-order valence-electron chi connectivity index (χ4n) is 2.65. The van der Waals surface area contributed by atoms with E-state index in [4.69, 9.17) is 19.6 Å². The minimum atomic E-state index is -4.51. The van der Waals surface area contributed by atoms with Gasteiger partial charge in [0.15, 0.2) is 0 Å². The van der Waals surface area contributed by atoms with Crippen LogP contribution in [0.2, 0.25) is 0 Å². The van der Waals surface area contributed by atoms with Gasteiger partial charge in [0.25, 0.3) is 0 Å². The molecule has 0 bridgehead atoms. The van der Waals surface area contributed by atoms with E-state index in [0.29, 0.717) is 44.9 Å². The molecule has 0 aromatic heterocycles. The molecule has 0 saturated heterocycles. The molecule has 29 heavy (non-hydrogen) atoms. The van der Waals surface area contributed by atoms with Crippen LogP contribution < -0.4 is 0 Å². The molecule has 0 aromatic carbocycles. The normalized spacial score (nSPS) is 16.1. The van der Waals surface area contributed by atoms with Crippen LogP contribution in [-0.4, -0.2) is 55.2 Å². The minimum absolute atomic E-state index is 0.107. The van der Waals surface area contributed by atoms with Gasteiger partial charge >= 0.3 is 15.6 Å². The van der Waals surface area contributed by atoms with Crippen molar-refractivity contribution in [3.05, 3.63) is 0 Å². The van der Waals surface area contributed by atoms with Crippen molar-refractivity contribution in [2.45, 2.75) is 84.8 Å². The third kappa shape index (κ3) is 18.6. The molecule has 12 heteroatoms. The number of rotatable bonds is 16. The Bertz CT molecular complexity index is 506. The molecule has 0 aromatic rings. The third-order valence-corrected chi connectivity index (χ3v) is 5.56. The van der Waals surface area contributed by atoms with Crippen molar-refractivity contribution in [1.82, 2.24) is 0 Å². The maximum atomic E-state index is 10.8. The Kier molecular flexibility index (Phi) is 12.3. The summed E-state index contributed by atoms with van der Waals surface area (Å²) in [6.07, 6.45) is 2.43. The Labute approximate surface area is 173 Å². The van der Waals surface area contributed by atoms with E-state index >= 15 is 0 Å². The monoisotopic (exact) mass is 464 g/mol. The average molecular weight is 464 g/mol. The minimum Gasteiger partial charge on any atom is -0.393 e. The summed E-state index contributed by atoms with van der Waals surface area (Å²) < 4.78 is 30.6. The van der Waals surface area contributed by atoms with Crippen LogP contribution in [0.5, 0.6) is 0 Å². The molecular weight excluding hydrogens is 426 g/mol. The zero-order chi connectivity index (χ0) is 22.9. The van der Waals surface area contributed by atoms with E-state index in [1.165, 1.54) is 0 Å². The first-order valence-electron chi connectivity index (χ1n) is 9.67. The van der Waals surface area contributed by atoms with Crippen molar-refractivity contribution in [3.8, 4) is 0 Å². The summed E-state index contributed by atoms with van der Waals surface area (Å²) in [5, 5.41) is 20.2. The van der Waals surface area contributed by atoms with Gasteiger partial charge in [-0.1, -0.05) is 27.7 Å². The summed E-state index contributed by atoms with van der Waals surface area (Å²) in [6.45, 7) is 7.00. The SMILES string of the molecule is CC(C)(CCC(O)CCCC(O)CCC(C)(C)COP(=O)(O)O)COP(=O)(O)O. The second kappa shape index (κ2) is 12.2. The number of aliphatic hydroxyl groups excluding tert-OH is 2. The van der Waals surface area contributed by atoms with Crippen LogP contribution in [0.15, 0.2) is 0 Å². The summed E-state index contributed by atoms with van der Waals surface area (Å²) in [6, 6.07) is 0. The maximum absolute atomic E-state index is 10.8. The fourth-order valence-corrected chi connectivity index (χ4v) is 3.69. The molecule has 6 N–H and O–H groups in total. The highest BCUT2D eigenvalue weighted by Gasteiger charge is 2.26. The maximum Gasteiger partial charge on any atom is 0.469 e. The van der Waals surface area contributed by atoms with Gasteiger partial charge in [0.2, 0.25) is 0 Å². The van der Waals surface area contributed by atoms with Gasteiger partial charge in [-0.3, -0.25) is 9.05 Å². The largest absolute Gasteiger partial charge is 0.469 e. The second-order valence-corrected chi connectivity index (χ2v) is 11.7. The lowest BCUT2D eigenvalue weighted by Gasteiger charge is -2.26. The van der Waals surface area contributed by atoms with Crippen molar-refractivity contribution < 1.29 is 48.0 Å². The van der Waals surface area contributed by atoms with Gasteiger partial charge in [-0.15, -0.1) is 0 Å². The molecule has 0 aliphatic carbocycles.